The fourth-order valence-electron chi connectivity index (χ4n) is 2.13. The number of nitrogens with one attached hydrogen (secondary N) is 1. The molecular formula is C16H24N2O4. The second kappa shape index (κ2) is 9.76. The summed E-state index contributed by atoms with van der Waals surface area (Å²) in [5.74, 6) is 0.232. The second-order valence-corrected chi connectivity index (χ2v) is 5.08. The Bertz CT molecular complexity index is 503. The Balaban J connectivity index is 2.60. The van der Waals surface area contributed by atoms with Crippen molar-refractivity contribution in [2.45, 2.75) is 52.4 Å². The van der Waals surface area contributed by atoms with E-state index >= 15 is 0 Å². The lowest BCUT2D eigenvalue weighted by Crippen LogP contribution is -2.12. The molecule has 1 N–H and O–H groups in total. The number of hydrogen-bond acceptors (Lipinski definition) is 4. The maximum atomic E-state index is 11.9. The molecule has 6 nitrogen and oxygen atoms in total. The third-order valence-corrected chi connectivity index (χ3v) is 3.26. The summed E-state index contributed by atoms with van der Waals surface area (Å²) in [5.41, 5.74) is 0.0669. The summed E-state index contributed by atoms with van der Waals surface area (Å²) < 4.78 is 5.24. The Morgan fingerprint density at radius 3 is 2.59 bits per heavy atom. The van der Waals surface area contributed by atoms with E-state index in [-0.39, 0.29) is 17.3 Å². The van der Waals surface area contributed by atoms with Gasteiger partial charge in [-0.15, -0.1) is 0 Å². The summed E-state index contributed by atoms with van der Waals surface area (Å²) in [6, 6.07) is 4.46. The Hall–Kier alpha value is -2.11. The van der Waals surface area contributed by atoms with Crippen LogP contribution >= 0.6 is 0 Å². The van der Waals surface area contributed by atoms with Crippen molar-refractivity contribution in [3.05, 3.63) is 28.3 Å². The van der Waals surface area contributed by atoms with Crippen molar-refractivity contribution in [2.24, 2.45) is 0 Å². The standard InChI is InChI=1S/C16H24N2O4/c1-3-5-6-7-8-9-16(19)17-14-11-10-13(22-4-2)12-15(14)18(20)21/h10-12H,3-9H2,1-2H3,(H,17,19). The lowest BCUT2D eigenvalue weighted by Gasteiger charge is -2.08. The van der Waals surface area contributed by atoms with E-state index in [1.54, 1.807) is 13.0 Å². The minimum atomic E-state index is -0.515. The number of ether oxygens (including phenoxy) is 1. The van der Waals surface area contributed by atoms with Crippen LogP contribution in [0.15, 0.2) is 18.2 Å². The molecule has 6 heteroatoms. The maximum Gasteiger partial charge on any atom is 0.296 e. The summed E-state index contributed by atoms with van der Waals surface area (Å²) in [6.45, 7) is 4.37. The molecule has 0 radical (unpaired) electrons. The van der Waals surface area contributed by atoms with Crippen LogP contribution in [0.1, 0.15) is 52.4 Å². The minimum absolute atomic E-state index is 0.148. The Labute approximate surface area is 131 Å². The first-order valence-corrected chi connectivity index (χ1v) is 7.79. The van der Waals surface area contributed by atoms with Gasteiger partial charge < -0.3 is 10.1 Å². The van der Waals surface area contributed by atoms with Crippen molar-refractivity contribution >= 4 is 17.3 Å². The van der Waals surface area contributed by atoms with E-state index in [1.165, 1.54) is 18.6 Å². The van der Waals surface area contributed by atoms with Gasteiger partial charge in [-0.25, -0.2) is 0 Å². The minimum Gasteiger partial charge on any atom is -0.494 e. The Kier molecular flexibility index (Phi) is 7.96. The number of nitro benzene ring substituents is 1. The van der Waals surface area contributed by atoms with Gasteiger partial charge in [0.2, 0.25) is 5.91 Å². The molecule has 122 valence electrons. The summed E-state index contributed by atoms with van der Waals surface area (Å²) in [4.78, 5) is 22.4. The lowest BCUT2D eigenvalue weighted by atomic mass is 10.1. The van der Waals surface area contributed by atoms with E-state index in [9.17, 15) is 14.9 Å². The third-order valence-electron chi connectivity index (χ3n) is 3.26. The van der Waals surface area contributed by atoms with Crippen LogP contribution < -0.4 is 10.1 Å². The van der Waals surface area contributed by atoms with Crippen LogP contribution in [0, 0.1) is 10.1 Å². The molecule has 0 saturated heterocycles. The second-order valence-electron chi connectivity index (χ2n) is 5.08. The van der Waals surface area contributed by atoms with Gasteiger partial charge in [0, 0.05) is 6.42 Å². The van der Waals surface area contributed by atoms with Crippen LogP contribution in [0.25, 0.3) is 0 Å². The molecule has 0 aliphatic carbocycles. The summed E-state index contributed by atoms with van der Waals surface area (Å²) in [6.07, 6.45) is 5.64. The van der Waals surface area contributed by atoms with Crippen LogP contribution in [0.4, 0.5) is 11.4 Å². The number of anilines is 1. The van der Waals surface area contributed by atoms with Crippen LogP contribution in [0.2, 0.25) is 0 Å². The molecule has 1 aromatic carbocycles. The molecular weight excluding hydrogens is 284 g/mol. The average molecular weight is 308 g/mol. The molecule has 0 spiro atoms. The summed E-state index contributed by atoms with van der Waals surface area (Å²) in [5, 5.41) is 13.7. The SMILES string of the molecule is CCCCCCCC(=O)Nc1ccc(OCC)cc1[N+](=O)[O-]. The van der Waals surface area contributed by atoms with Gasteiger partial charge in [-0.05, 0) is 25.5 Å². The highest BCUT2D eigenvalue weighted by Gasteiger charge is 2.17. The number of benzene rings is 1. The van der Waals surface area contributed by atoms with Gasteiger partial charge in [0.05, 0.1) is 17.6 Å². The Morgan fingerprint density at radius 1 is 1.23 bits per heavy atom. The molecule has 0 fully saturated rings. The van der Waals surface area contributed by atoms with E-state index in [2.05, 4.69) is 12.2 Å². The smallest absolute Gasteiger partial charge is 0.296 e. The van der Waals surface area contributed by atoms with Crippen molar-refractivity contribution in [1.29, 1.82) is 0 Å². The lowest BCUT2D eigenvalue weighted by molar-refractivity contribution is -0.384. The highest BCUT2D eigenvalue weighted by molar-refractivity contribution is 5.93. The van der Waals surface area contributed by atoms with Gasteiger partial charge in [0.1, 0.15) is 11.4 Å². The summed E-state index contributed by atoms with van der Waals surface area (Å²) in [7, 11) is 0. The van der Waals surface area contributed by atoms with Crippen molar-refractivity contribution in [1.82, 2.24) is 0 Å². The van der Waals surface area contributed by atoms with Crippen LogP contribution in [0.5, 0.6) is 5.75 Å². The molecule has 22 heavy (non-hydrogen) atoms. The van der Waals surface area contributed by atoms with E-state index < -0.39 is 4.92 Å². The van der Waals surface area contributed by atoms with Gasteiger partial charge in [0.15, 0.2) is 0 Å². The largest absolute Gasteiger partial charge is 0.494 e. The number of nitrogens with zero attached hydrogens (tertiary/aromatic N) is 1. The molecule has 0 atom stereocenters. The number of carbonyl (C=O) groups excluding carboxylic acids is 1. The van der Waals surface area contributed by atoms with Gasteiger partial charge in [-0.3, -0.25) is 14.9 Å². The Morgan fingerprint density at radius 2 is 1.95 bits per heavy atom. The molecule has 0 bridgehead atoms. The monoisotopic (exact) mass is 308 g/mol. The summed E-state index contributed by atoms with van der Waals surface area (Å²) >= 11 is 0. The average Bonchev–Trinajstić information content (AvgIpc) is 2.48. The van der Waals surface area contributed by atoms with Crippen molar-refractivity contribution in [2.75, 3.05) is 11.9 Å². The molecule has 0 saturated carbocycles. The number of unbranched alkanes of at least 4 members (excludes halogenated alkanes) is 4. The van der Waals surface area contributed by atoms with Gasteiger partial charge in [-0.2, -0.15) is 0 Å². The number of rotatable bonds is 10. The molecule has 0 unspecified atom stereocenters. The molecule has 1 rings (SSSR count). The molecule has 0 aliphatic heterocycles. The zero-order chi connectivity index (χ0) is 16.4. The number of carbonyl (C=O) groups is 1. The first kappa shape index (κ1) is 17.9. The molecule has 1 aromatic rings. The quantitative estimate of drug-likeness (QED) is 0.397. The third kappa shape index (κ3) is 6.11. The first-order chi connectivity index (χ1) is 10.6. The zero-order valence-electron chi connectivity index (χ0n) is 13.3. The van der Waals surface area contributed by atoms with E-state index in [0.29, 0.717) is 18.8 Å². The van der Waals surface area contributed by atoms with Crippen LogP contribution in [-0.4, -0.2) is 17.4 Å². The van der Waals surface area contributed by atoms with Crippen molar-refractivity contribution in [3.8, 4) is 5.75 Å². The van der Waals surface area contributed by atoms with Crippen molar-refractivity contribution in [3.63, 3.8) is 0 Å². The topological polar surface area (TPSA) is 81.5 Å². The number of hydrogen-bond donors (Lipinski definition) is 1. The van der Waals surface area contributed by atoms with E-state index in [0.717, 1.165) is 25.7 Å². The van der Waals surface area contributed by atoms with E-state index in [4.69, 9.17) is 4.74 Å². The number of nitro groups is 1. The normalized spacial score (nSPS) is 10.3. The van der Waals surface area contributed by atoms with Gasteiger partial charge in [0.25, 0.3) is 5.69 Å². The maximum absolute atomic E-state index is 11.9. The predicted octanol–water partition coefficient (Wildman–Crippen LogP) is 4.29. The van der Waals surface area contributed by atoms with Gasteiger partial charge in [-0.1, -0.05) is 32.6 Å². The van der Waals surface area contributed by atoms with Crippen molar-refractivity contribution < 1.29 is 14.5 Å². The highest BCUT2D eigenvalue weighted by atomic mass is 16.6. The molecule has 0 heterocycles. The molecule has 0 aliphatic rings. The van der Waals surface area contributed by atoms with Gasteiger partial charge >= 0.3 is 0 Å². The van der Waals surface area contributed by atoms with E-state index in [1.807, 2.05) is 0 Å². The van der Waals surface area contributed by atoms with Crippen LogP contribution in [0.3, 0.4) is 0 Å². The van der Waals surface area contributed by atoms with Crippen LogP contribution in [-0.2, 0) is 4.79 Å². The predicted molar refractivity (Wildman–Crippen MR) is 86.3 cm³/mol. The molecule has 0 aromatic heterocycles. The first-order valence-electron chi connectivity index (χ1n) is 7.79. The fraction of sp³-hybridized carbons (Fsp3) is 0.562. The zero-order valence-corrected chi connectivity index (χ0v) is 13.3. The fourth-order valence-corrected chi connectivity index (χ4v) is 2.13. The molecule has 1 amide bonds. The number of amides is 1. The highest BCUT2D eigenvalue weighted by Crippen LogP contribution is 2.29.